The van der Waals surface area contributed by atoms with E-state index in [4.69, 9.17) is 9.84 Å². The van der Waals surface area contributed by atoms with E-state index < -0.39 is 6.09 Å². The minimum absolute atomic E-state index is 0.316. The monoisotopic (exact) mass is 542 g/mol. The second-order valence-electron chi connectivity index (χ2n) is 11.0. The lowest BCUT2D eigenvalue weighted by atomic mass is 10.0. The minimum atomic E-state index is -1.26. The lowest BCUT2D eigenvalue weighted by Crippen LogP contribution is -2.30. The highest BCUT2D eigenvalue weighted by Gasteiger charge is 2.04. The second kappa shape index (κ2) is 30.4. The van der Waals surface area contributed by atoms with Crippen LogP contribution < -0.4 is 10.6 Å². The zero-order chi connectivity index (χ0) is 27.9. The molecule has 0 fully saturated rings. The van der Waals surface area contributed by atoms with Crippen molar-refractivity contribution in [2.24, 2.45) is 0 Å². The van der Waals surface area contributed by atoms with Gasteiger partial charge in [0.05, 0.1) is 12.7 Å². The Bertz CT molecular complexity index is 518. The van der Waals surface area contributed by atoms with E-state index in [1.165, 1.54) is 128 Å². The number of unbranched alkanes of at least 4 members (excludes halogenated alkanes) is 22. The molecular formula is C31H62N2O5. The molecule has 0 aliphatic carbocycles. The summed E-state index contributed by atoms with van der Waals surface area (Å²) in [7, 11) is 1.62. The molecule has 0 aliphatic heterocycles. The molecule has 0 rings (SSSR count). The molecular weight excluding hydrogens is 480 g/mol. The van der Waals surface area contributed by atoms with E-state index in [9.17, 15) is 14.7 Å². The summed E-state index contributed by atoms with van der Waals surface area (Å²) in [5.74, 6) is -0.385. The maximum absolute atomic E-state index is 11.2. The Hall–Kier alpha value is -1.18. The van der Waals surface area contributed by atoms with E-state index in [2.05, 4.69) is 5.32 Å². The average Bonchev–Trinajstić information content (AvgIpc) is 2.88. The maximum atomic E-state index is 11.2. The fourth-order valence-corrected chi connectivity index (χ4v) is 4.95. The van der Waals surface area contributed by atoms with Crippen molar-refractivity contribution < 1.29 is 24.5 Å². The maximum Gasteiger partial charge on any atom is 0.411 e. The highest BCUT2D eigenvalue weighted by atomic mass is 16.5. The Kier molecular flexibility index (Phi) is 29.4. The van der Waals surface area contributed by atoms with E-state index in [-0.39, 0.29) is 12.0 Å². The lowest BCUT2D eigenvalue weighted by Gasteiger charge is -2.10. The number of ether oxygens (including phenoxy) is 1. The minimum Gasteiger partial charge on any atom is -0.465 e. The second-order valence-corrected chi connectivity index (χ2v) is 11.0. The van der Waals surface area contributed by atoms with Crippen LogP contribution >= 0.6 is 0 Å². The number of hydrogen-bond acceptors (Lipinski definition) is 5. The molecule has 0 aromatic rings. The fourth-order valence-electron chi connectivity index (χ4n) is 4.95. The molecule has 7 heteroatoms. The molecule has 0 radical (unpaired) electrons. The molecule has 38 heavy (non-hydrogen) atoms. The number of methoxy groups -OCH3 is 1. The first-order valence-corrected chi connectivity index (χ1v) is 16.0. The molecule has 1 atom stereocenters. The van der Waals surface area contributed by atoms with Gasteiger partial charge in [0.25, 0.3) is 0 Å². The normalized spacial score (nSPS) is 12.1. The summed E-state index contributed by atoms with van der Waals surface area (Å²) in [6.45, 7) is 2.03. The summed E-state index contributed by atoms with van der Waals surface area (Å²) >= 11 is 0. The van der Waals surface area contributed by atoms with Crippen LogP contribution in [0.15, 0.2) is 0 Å². The topological polar surface area (TPSA) is 108 Å². The van der Waals surface area contributed by atoms with Gasteiger partial charge >= 0.3 is 6.09 Å². The number of imide groups is 1. The fraction of sp³-hybridized carbons (Fsp3) is 0.935. The number of aliphatic hydroxyl groups excluding tert-OH is 1. The molecule has 0 aromatic carbocycles. The van der Waals surface area contributed by atoms with Gasteiger partial charge in [-0.05, 0) is 19.4 Å². The number of amides is 2. The van der Waals surface area contributed by atoms with Gasteiger partial charge in [-0.15, -0.1) is 0 Å². The summed E-state index contributed by atoms with van der Waals surface area (Å²) in [6, 6.07) is 0. The van der Waals surface area contributed by atoms with Gasteiger partial charge in [0.15, 0.2) is 0 Å². The number of carboxylic acid groups (broad SMARTS) is 1. The predicted octanol–water partition coefficient (Wildman–Crippen LogP) is 7.74. The smallest absolute Gasteiger partial charge is 0.411 e. The molecule has 0 heterocycles. The van der Waals surface area contributed by atoms with E-state index in [1.54, 1.807) is 7.11 Å². The highest BCUT2D eigenvalue weighted by molar-refractivity contribution is 5.90. The van der Waals surface area contributed by atoms with Gasteiger partial charge in [0.2, 0.25) is 5.91 Å². The number of rotatable bonds is 30. The third-order valence-corrected chi connectivity index (χ3v) is 7.24. The number of carbonyl (C=O) groups excluding carboxylic acids is 1. The van der Waals surface area contributed by atoms with Gasteiger partial charge in [-0.1, -0.05) is 135 Å². The van der Waals surface area contributed by atoms with Crippen LogP contribution in [0.3, 0.4) is 0 Å². The van der Waals surface area contributed by atoms with Crippen molar-refractivity contribution >= 4 is 12.0 Å². The summed E-state index contributed by atoms with van der Waals surface area (Å²) in [4.78, 5) is 21.6. The van der Waals surface area contributed by atoms with Gasteiger partial charge in [-0.2, -0.15) is 0 Å². The zero-order valence-electron chi connectivity index (χ0n) is 24.8. The molecule has 4 N–H and O–H groups in total. The third kappa shape index (κ3) is 31.0. The SMILES string of the molecule is COCC(O)CNCCCCCCCCCCCCCCCCCCCCCCCCCC(=O)NC(=O)O. The van der Waals surface area contributed by atoms with Crippen LogP contribution in [-0.2, 0) is 9.53 Å². The zero-order valence-corrected chi connectivity index (χ0v) is 24.8. The Morgan fingerprint density at radius 3 is 1.29 bits per heavy atom. The van der Waals surface area contributed by atoms with Gasteiger partial charge in [0, 0.05) is 20.1 Å². The quantitative estimate of drug-likeness (QED) is 0.0691. The molecule has 0 saturated carbocycles. The average molecular weight is 543 g/mol. The van der Waals surface area contributed by atoms with Crippen molar-refractivity contribution in [3.63, 3.8) is 0 Å². The van der Waals surface area contributed by atoms with Gasteiger partial charge in [-0.25, -0.2) is 4.79 Å². The van der Waals surface area contributed by atoms with Crippen molar-refractivity contribution in [1.29, 1.82) is 0 Å². The molecule has 0 aromatic heterocycles. The largest absolute Gasteiger partial charge is 0.465 e. The van der Waals surface area contributed by atoms with Crippen LogP contribution in [0, 0.1) is 0 Å². The van der Waals surface area contributed by atoms with E-state index in [0.717, 1.165) is 25.8 Å². The van der Waals surface area contributed by atoms with Crippen molar-refractivity contribution in [1.82, 2.24) is 10.6 Å². The lowest BCUT2D eigenvalue weighted by molar-refractivity contribution is -0.120. The Labute approximate surface area is 234 Å². The Morgan fingerprint density at radius 2 is 0.947 bits per heavy atom. The first-order valence-electron chi connectivity index (χ1n) is 16.0. The van der Waals surface area contributed by atoms with E-state index >= 15 is 0 Å². The van der Waals surface area contributed by atoms with Crippen molar-refractivity contribution in [3.8, 4) is 0 Å². The van der Waals surface area contributed by atoms with E-state index in [0.29, 0.717) is 19.6 Å². The molecule has 0 aliphatic rings. The summed E-state index contributed by atoms with van der Waals surface area (Å²) in [5.41, 5.74) is 0. The van der Waals surface area contributed by atoms with Crippen LogP contribution in [0.5, 0.6) is 0 Å². The molecule has 0 bridgehead atoms. The number of carbonyl (C=O) groups is 2. The molecule has 226 valence electrons. The first-order chi connectivity index (χ1) is 18.6. The molecule has 1 unspecified atom stereocenters. The standard InChI is InChI=1S/C31H62N2O5/c1-38-28-29(34)27-32-26-24-22-20-18-16-14-12-10-8-6-4-2-3-5-7-9-11-13-15-17-19-21-23-25-30(35)33-31(36)37/h29,32,34H,2-28H2,1H3,(H,33,35)(H,36,37). The van der Waals surface area contributed by atoms with Crippen LogP contribution in [-0.4, -0.2) is 55.1 Å². The summed E-state index contributed by atoms with van der Waals surface area (Å²) in [5, 5.41) is 23.2. The Morgan fingerprint density at radius 1 is 0.605 bits per heavy atom. The molecule has 0 spiro atoms. The summed E-state index contributed by atoms with van der Waals surface area (Å²) in [6.07, 6.45) is 28.7. The van der Waals surface area contributed by atoms with Crippen LogP contribution in [0.25, 0.3) is 0 Å². The molecule has 0 saturated heterocycles. The van der Waals surface area contributed by atoms with Crippen LogP contribution in [0.1, 0.15) is 154 Å². The predicted molar refractivity (Wildman–Crippen MR) is 158 cm³/mol. The van der Waals surface area contributed by atoms with Crippen molar-refractivity contribution in [3.05, 3.63) is 0 Å². The highest BCUT2D eigenvalue weighted by Crippen LogP contribution is 2.15. The Balaban J connectivity index is 3.09. The van der Waals surface area contributed by atoms with Crippen molar-refractivity contribution in [2.45, 2.75) is 160 Å². The van der Waals surface area contributed by atoms with Crippen LogP contribution in [0.4, 0.5) is 4.79 Å². The van der Waals surface area contributed by atoms with Gasteiger partial charge in [-0.3, -0.25) is 10.1 Å². The van der Waals surface area contributed by atoms with Crippen molar-refractivity contribution in [2.75, 3.05) is 26.8 Å². The molecule has 7 nitrogen and oxygen atoms in total. The first kappa shape index (κ1) is 36.8. The van der Waals surface area contributed by atoms with E-state index in [1.807, 2.05) is 5.32 Å². The third-order valence-electron chi connectivity index (χ3n) is 7.24. The number of aliphatic hydroxyl groups is 1. The summed E-state index contributed by atoms with van der Waals surface area (Å²) < 4.78 is 4.92. The number of nitrogens with one attached hydrogen (secondary N) is 2. The number of hydrogen-bond donors (Lipinski definition) is 4. The van der Waals surface area contributed by atoms with Gasteiger partial charge in [0.1, 0.15) is 0 Å². The molecule has 2 amide bonds. The van der Waals surface area contributed by atoms with Crippen LogP contribution in [0.2, 0.25) is 0 Å². The van der Waals surface area contributed by atoms with Gasteiger partial charge < -0.3 is 20.3 Å².